The highest BCUT2D eigenvalue weighted by Gasteiger charge is 2.16. The third-order valence-corrected chi connectivity index (χ3v) is 4.14. The fourth-order valence-corrected chi connectivity index (χ4v) is 2.54. The predicted octanol–water partition coefficient (Wildman–Crippen LogP) is 3.39. The first kappa shape index (κ1) is 13.3. The molecule has 0 amide bonds. The second-order valence-corrected chi connectivity index (χ2v) is 5.78. The van der Waals surface area contributed by atoms with Crippen LogP contribution in [-0.2, 0) is 0 Å². The van der Waals surface area contributed by atoms with E-state index in [4.69, 9.17) is 0 Å². The Kier molecular flexibility index (Phi) is 3.85. The summed E-state index contributed by atoms with van der Waals surface area (Å²) >= 11 is 3.61. The van der Waals surface area contributed by atoms with E-state index >= 15 is 0 Å². The molecule has 0 aliphatic carbocycles. The molecule has 1 aromatic carbocycles. The Morgan fingerprint density at radius 1 is 1.28 bits per heavy atom. The molecule has 18 heavy (non-hydrogen) atoms. The molecule has 0 fully saturated rings. The van der Waals surface area contributed by atoms with Crippen LogP contribution >= 0.6 is 15.9 Å². The van der Waals surface area contributed by atoms with E-state index in [1.165, 1.54) is 22.4 Å². The van der Waals surface area contributed by atoms with Gasteiger partial charge in [0.05, 0.1) is 0 Å². The molecule has 0 spiro atoms. The highest BCUT2D eigenvalue weighted by atomic mass is 79.9. The van der Waals surface area contributed by atoms with Crippen molar-refractivity contribution in [3.63, 3.8) is 0 Å². The van der Waals surface area contributed by atoms with E-state index in [2.05, 4.69) is 65.4 Å². The number of aryl methyl sites for hydroxylation is 3. The van der Waals surface area contributed by atoms with Crippen molar-refractivity contribution in [1.82, 2.24) is 9.78 Å². The van der Waals surface area contributed by atoms with Gasteiger partial charge in [-0.05, 0) is 54.2 Å². The Morgan fingerprint density at radius 2 is 1.89 bits per heavy atom. The van der Waals surface area contributed by atoms with Crippen LogP contribution in [0.15, 0.2) is 24.8 Å². The summed E-state index contributed by atoms with van der Waals surface area (Å²) < 4.78 is 4.03. The molecule has 0 aliphatic heterocycles. The molecule has 1 unspecified atom stereocenters. The third-order valence-electron chi connectivity index (χ3n) is 3.07. The number of hydrogen-bond donors (Lipinski definition) is 0. The monoisotopic (exact) mass is 308 g/mol. The summed E-state index contributed by atoms with van der Waals surface area (Å²) in [6.45, 7) is 8.55. The van der Waals surface area contributed by atoms with E-state index < -0.39 is 0 Å². The molecule has 0 saturated heterocycles. The van der Waals surface area contributed by atoms with E-state index in [0.717, 1.165) is 6.42 Å². The minimum atomic E-state index is 0.254. The van der Waals surface area contributed by atoms with E-state index in [-0.39, 0.29) is 4.95 Å². The van der Waals surface area contributed by atoms with E-state index in [1.54, 1.807) is 0 Å². The fraction of sp³-hybridized carbons (Fsp3) is 0.429. The molecule has 1 aromatic heterocycles. The summed E-state index contributed by atoms with van der Waals surface area (Å²) in [6.07, 6.45) is 4.91. The van der Waals surface area contributed by atoms with Gasteiger partial charge in [0.2, 0.25) is 6.33 Å². The lowest BCUT2D eigenvalue weighted by atomic mass is 10.1. The molecule has 0 saturated carbocycles. The van der Waals surface area contributed by atoms with Crippen molar-refractivity contribution in [2.45, 2.75) is 39.1 Å². The van der Waals surface area contributed by atoms with Crippen molar-refractivity contribution in [1.29, 1.82) is 0 Å². The summed E-state index contributed by atoms with van der Waals surface area (Å²) in [6, 6.07) is 4.41. The van der Waals surface area contributed by atoms with E-state index in [1.807, 2.05) is 17.3 Å². The van der Waals surface area contributed by atoms with Crippen molar-refractivity contribution in [3.8, 4) is 5.69 Å². The van der Waals surface area contributed by atoms with Crippen LogP contribution in [0.4, 0.5) is 0 Å². The van der Waals surface area contributed by atoms with Gasteiger partial charge in [-0.25, -0.2) is 4.57 Å². The number of halogens is 1. The number of benzene rings is 1. The molecule has 1 atom stereocenters. The van der Waals surface area contributed by atoms with Gasteiger partial charge in [0.15, 0.2) is 4.95 Å². The maximum atomic E-state index is 4.40. The summed E-state index contributed by atoms with van der Waals surface area (Å²) in [5.74, 6) is 0. The van der Waals surface area contributed by atoms with Crippen LogP contribution in [0.1, 0.15) is 35.0 Å². The van der Waals surface area contributed by atoms with Crippen LogP contribution in [0.5, 0.6) is 0 Å². The Balaban J connectivity index is 2.46. The van der Waals surface area contributed by atoms with Gasteiger partial charge in [-0.1, -0.05) is 24.6 Å². The first-order valence-electron chi connectivity index (χ1n) is 6.20. The molecular weight excluding hydrogens is 290 g/mol. The van der Waals surface area contributed by atoms with E-state index in [9.17, 15) is 0 Å². The maximum Gasteiger partial charge on any atom is 0.270 e. The zero-order valence-electron chi connectivity index (χ0n) is 11.3. The van der Waals surface area contributed by atoms with Gasteiger partial charge in [0.1, 0.15) is 5.69 Å². The minimum Gasteiger partial charge on any atom is -0.203 e. The van der Waals surface area contributed by atoms with Gasteiger partial charge in [0, 0.05) is 5.10 Å². The lowest BCUT2D eigenvalue weighted by Gasteiger charge is -2.07. The Morgan fingerprint density at radius 3 is 2.44 bits per heavy atom. The Bertz CT molecular complexity index is 537. The first-order valence-corrected chi connectivity index (χ1v) is 7.12. The quantitative estimate of drug-likeness (QED) is 0.629. The largest absolute Gasteiger partial charge is 0.270 e. The molecule has 2 aromatic rings. The van der Waals surface area contributed by atoms with Crippen LogP contribution < -0.4 is 4.57 Å². The summed E-state index contributed by atoms with van der Waals surface area (Å²) in [5.41, 5.74) is 5.08. The zero-order valence-corrected chi connectivity index (χ0v) is 12.9. The summed E-state index contributed by atoms with van der Waals surface area (Å²) in [5, 5.41) is 4.40. The van der Waals surface area contributed by atoms with Crippen LogP contribution in [0.2, 0.25) is 0 Å². The van der Waals surface area contributed by atoms with Gasteiger partial charge in [-0.2, -0.15) is 0 Å². The zero-order chi connectivity index (χ0) is 13.3. The average molecular weight is 309 g/mol. The minimum absolute atomic E-state index is 0.254. The summed E-state index contributed by atoms with van der Waals surface area (Å²) in [4.78, 5) is 0.254. The van der Waals surface area contributed by atoms with Crippen molar-refractivity contribution in [2.75, 3.05) is 0 Å². The standard InChI is InChI=1S/C14H19BrN3/c1-5-13(15)18-9-17(8-16-18)14-11(3)6-10(2)7-12(14)4/h6-9,13H,5H2,1-4H3/q+1. The maximum absolute atomic E-state index is 4.40. The number of hydrogen-bond acceptors (Lipinski definition) is 1. The van der Waals surface area contributed by atoms with Crippen molar-refractivity contribution < 1.29 is 4.57 Å². The highest BCUT2D eigenvalue weighted by molar-refractivity contribution is 9.09. The van der Waals surface area contributed by atoms with E-state index in [0.29, 0.717) is 0 Å². The van der Waals surface area contributed by atoms with Crippen LogP contribution in [-0.4, -0.2) is 9.78 Å². The summed E-state index contributed by atoms with van der Waals surface area (Å²) in [7, 11) is 0. The number of rotatable bonds is 3. The lowest BCUT2D eigenvalue weighted by Crippen LogP contribution is -2.30. The van der Waals surface area contributed by atoms with Crippen molar-refractivity contribution in [3.05, 3.63) is 41.5 Å². The predicted molar refractivity (Wildman–Crippen MR) is 76.2 cm³/mol. The van der Waals surface area contributed by atoms with Gasteiger partial charge in [-0.3, -0.25) is 0 Å². The van der Waals surface area contributed by atoms with Gasteiger partial charge in [0.25, 0.3) is 6.33 Å². The Labute approximate surface area is 117 Å². The van der Waals surface area contributed by atoms with Crippen molar-refractivity contribution in [2.24, 2.45) is 0 Å². The first-order chi connectivity index (χ1) is 8.52. The van der Waals surface area contributed by atoms with Crippen LogP contribution in [0.3, 0.4) is 0 Å². The van der Waals surface area contributed by atoms with Gasteiger partial charge >= 0.3 is 0 Å². The molecule has 2 rings (SSSR count). The topological polar surface area (TPSA) is 21.7 Å². The van der Waals surface area contributed by atoms with Gasteiger partial charge < -0.3 is 0 Å². The highest BCUT2D eigenvalue weighted by Crippen LogP contribution is 2.18. The SMILES string of the molecule is CCC(Br)n1c[n+](-c2c(C)cc(C)cc2C)cn1. The number of nitrogens with zero attached hydrogens (tertiary/aromatic N) is 3. The molecule has 0 N–H and O–H groups in total. The molecule has 0 aliphatic rings. The molecule has 3 nitrogen and oxygen atoms in total. The molecule has 96 valence electrons. The molecular formula is C14H19BrN3+. The fourth-order valence-electron chi connectivity index (χ4n) is 2.33. The third kappa shape index (κ3) is 2.48. The smallest absolute Gasteiger partial charge is 0.203 e. The molecule has 4 heteroatoms. The van der Waals surface area contributed by atoms with Crippen LogP contribution in [0.25, 0.3) is 5.69 Å². The number of aromatic nitrogens is 3. The van der Waals surface area contributed by atoms with Crippen molar-refractivity contribution >= 4 is 15.9 Å². The molecule has 1 heterocycles. The lowest BCUT2D eigenvalue weighted by molar-refractivity contribution is -0.597. The van der Waals surface area contributed by atoms with Gasteiger partial charge in [-0.15, -0.1) is 4.68 Å². The number of alkyl halides is 1. The second-order valence-electron chi connectivity index (χ2n) is 4.72. The Hall–Kier alpha value is -1.16. The molecule has 0 radical (unpaired) electrons. The molecule has 0 bridgehead atoms. The second kappa shape index (κ2) is 5.22. The van der Waals surface area contributed by atoms with Crippen LogP contribution in [0, 0.1) is 20.8 Å². The normalized spacial score (nSPS) is 12.7. The average Bonchev–Trinajstić information content (AvgIpc) is 2.76.